The lowest BCUT2D eigenvalue weighted by molar-refractivity contribution is -0.121. The van der Waals surface area contributed by atoms with Crippen LogP contribution in [-0.2, 0) is 4.79 Å². The van der Waals surface area contributed by atoms with Crippen LogP contribution in [0.3, 0.4) is 0 Å². The first kappa shape index (κ1) is 11.4. The van der Waals surface area contributed by atoms with E-state index < -0.39 is 0 Å². The topological polar surface area (TPSA) is 54.0 Å². The van der Waals surface area contributed by atoms with Crippen molar-refractivity contribution in [2.45, 2.75) is 25.4 Å². The summed E-state index contributed by atoms with van der Waals surface area (Å²) < 4.78 is 0. The minimum Gasteiger partial charge on any atom is -0.355 e. The third kappa shape index (κ3) is 2.51. The normalized spacial score (nSPS) is 21.9. The average Bonchev–Trinajstić information content (AvgIpc) is 2.65. The van der Waals surface area contributed by atoms with Crippen LogP contribution in [0, 0.1) is 0 Å². The van der Waals surface area contributed by atoms with Gasteiger partial charge >= 0.3 is 0 Å². The number of pyridine rings is 1. The fourth-order valence-electron chi connectivity index (χ4n) is 1.79. The minimum absolute atomic E-state index is 0.0776. The Labute approximate surface area is 99.4 Å². The smallest absolute Gasteiger partial charge is 0.237 e. The zero-order chi connectivity index (χ0) is 11.5. The molecular formula is C11H14ClN3O. The van der Waals surface area contributed by atoms with Gasteiger partial charge in [-0.25, -0.2) is 4.98 Å². The summed E-state index contributed by atoms with van der Waals surface area (Å²) in [5.74, 6) is 0.0776. The highest BCUT2D eigenvalue weighted by Crippen LogP contribution is 2.15. The number of halogens is 1. The van der Waals surface area contributed by atoms with E-state index in [1.54, 1.807) is 12.3 Å². The Kier molecular flexibility index (Phi) is 3.41. The van der Waals surface area contributed by atoms with Crippen molar-refractivity contribution in [3.8, 4) is 0 Å². The van der Waals surface area contributed by atoms with Crippen molar-refractivity contribution in [1.82, 2.24) is 15.6 Å². The van der Waals surface area contributed by atoms with Gasteiger partial charge in [-0.2, -0.15) is 0 Å². The van der Waals surface area contributed by atoms with Gasteiger partial charge in [-0.1, -0.05) is 17.7 Å². The van der Waals surface area contributed by atoms with E-state index in [9.17, 15) is 4.79 Å². The molecule has 4 nitrogen and oxygen atoms in total. The quantitative estimate of drug-likeness (QED) is 0.782. The first-order chi connectivity index (χ1) is 7.66. The highest BCUT2D eigenvalue weighted by molar-refractivity contribution is 6.29. The molecule has 1 aromatic heterocycles. The standard InChI is InChI=1S/C11H14ClN3O/c1-7(8-2-3-10(12)14-6-8)15-9-4-5-13-11(9)16/h2-3,6-7,9,15H,4-5H2,1H3,(H,13,16). The Hall–Kier alpha value is -1.13. The maximum Gasteiger partial charge on any atom is 0.237 e. The van der Waals surface area contributed by atoms with Gasteiger partial charge < -0.3 is 5.32 Å². The monoisotopic (exact) mass is 239 g/mol. The van der Waals surface area contributed by atoms with Crippen LogP contribution in [0.2, 0.25) is 5.15 Å². The predicted molar refractivity (Wildman–Crippen MR) is 62.2 cm³/mol. The molecule has 16 heavy (non-hydrogen) atoms. The number of carbonyl (C=O) groups excluding carboxylic acids is 1. The van der Waals surface area contributed by atoms with Crippen molar-refractivity contribution >= 4 is 17.5 Å². The zero-order valence-electron chi connectivity index (χ0n) is 9.03. The van der Waals surface area contributed by atoms with Crippen molar-refractivity contribution in [2.24, 2.45) is 0 Å². The number of rotatable bonds is 3. The first-order valence-electron chi connectivity index (χ1n) is 5.32. The van der Waals surface area contributed by atoms with E-state index in [1.807, 2.05) is 13.0 Å². The number of carbonyl (C=O) groups is 1. The zero-order valence-corrected chi connectivity index (χ0v) is 9.79. The Bertz CT molecular complexity index is 379. The molecule has 0 bridgehead atoms. The third-order valence-corrected chi connectivity index (χ3v) is 2.97. The molecule has 1 amide bonds. The number of nitrogens with zero attached hydrogens (tertiary/aromatic N) is 1. The average molecular weight is 240 g/mol. The second kappa shape index (κ2) is 4.80. The van der Waals surface area contributed by atoms with Crippen molar-refractivity contribution in [2.75, 3.05) is 6.54 Å². The minimum atomic E-state index is -0.0920. The molecule has 2 N–H and O–H groups in total. The van der Waals surface area contributed by atoms with Crippen molar-refractivity contribution in [3.05, 3.63) is 29.0 Å². The maximum absolute atomic E-state index is 11.4. The van der Waals surface area contributed by atoms with Gasteiger partial charge in [0.05, 0.1) is 6.04 Å². The van der Waals surface area contributed by atoms with Gasteiger partial charge in [0.2, 0.25) is 5.91 Å². The van der Waals surface area contributed by atoms with Gasteiger partial charge in [0, 0.05) is 18.8 Å². The lowest BCUT2D eigenvalue weighted by Crippen LogP contribution is -2.37. The highest BCUT2D eigenvalue weighted by atomic mass is 35.5. The molecule has 0 aromatic carbocycles. The van der Waals surface area contributed by atoms with Crippen LogP contribution >= 0.6 is 11.6 Å². The first-order valence-corrected chi connectivity index (χ1v) is 5.70. The molecule has 86 valence electrons. The third-order valence-electron chi connectivity index (χ3n) is 2.75. The summed E-state index contributed by atoms with van der Waals surface area (Å²) in [6.07, 6.45) is 2.57. The number of aromatic nitrogens is 1. The lowest BCUT2D eigenvalue weighted by atomic mass is 10.1. The van der Waals surface area contributed by atoms with Crippen LogP contribution in [0.25, 0.3) is 0 Å². The van der Waals surface area contributed by atoms with E-state index in [2.05, 4.69) is 15.6 Å². The summed E-state index contributed by atoms with van der Waals surface area (Å²) in [6.45, 7) is 2.76. The molecule has 1 saturated heterocycles. The lowest BCUT2D eigenvalue weighted by Gasteiger charge is -2.17. The molecule has 2 atom stereocenters. The molecule has 2 heterocycles. The fourth-order valence-corrected chi connectivity index (χ4v) is 1.91. The summed E-state index contributed by atoms with van der Waals surface area (Å²) in [4.78, 5) is 15.4. The Morgan fingerprint density at radius 3 is 3.00 bits per heavy atom. The number of hydrogen-bond acceptors (Lipinski definition) is 3. The van der Waals surface area contributed by atoms with E-state index in [4.69, 9.17) is 11.6 Å². The molecule has 1 fully saturated rings. The van der Waals surface area contributed by atoms with E-state index in [0.717, 1.165) is 18.5 Å². The molecule has 1 aliphatic heterocycles. The van der Waals surface area contributed by atoms with Crippen LogP contribution in [0.1, 0.15) is 24.9 Å². The Balaban J connectivity index is 1.99. The van der Waals surface area contributed by atoms with Gasteiger partial charge in [-0.05, 0) is 25.0 Å². The molecule has 0 radical (unpaired) electrons. The van der Waals surface area contributed by atoms with E-state index in [-0.39, 0.29) is 18.0 Å². The van der Waals surface area contributed by atoms with Crippen molar-refractivity contribution in [1.29, 1.82) is 0 Å². The van der Waals surface area contributed by atoms with Gasteiger partial charge in [0.25, 0.3) is 0 Å². The van der Waals surface area contributed by atoms with Gasteiger partial charge in [0.1, 0.15) is 5.15 Å². The van der Waals surface area contributed by atoms with Crippen molar-refractivity contribution in [3.63, 3.8) is 0 Å². The summed E-state index contributed by atoms with van der Waals surface area (Å²) in [6, 6.07) is 3.67. The molecule has 2 rings (SSSR count). The summed E-state index contributed by atoms with van der Waals surface area (Å²) in [7, 11) is 0. The molecule has 0 aliphatic carbocycles. The largest absolute Gasteiger partial charge is 0.355 e. The summed E-state index contributed by atoms with van der Waals surface area (Å²) >= 11 is 5.71. The molecule has 1 aromatic rings. The van der Waals surface area contributed by atoms with Crippen LogP contribution in [-0.4, -0.2) is 23.5 Å². The molecule has 0 spiro atoms. The SMILES string of the molecule is CC(NC1CCNC1=O)c1ccc(Cl)nc1. The summed E-state index contributed by atoms with van der Waals surface area (Å²) in [5.41, 5.74) is 1.03. The van der Waals surface area contributed by atoms with E-state index in [0.29, 0.717) is 5.15 Å². The number of hydrogen-bond donors (Lipinski definition) is 2. The number of nitrogens with one attached hydrogen (secondary N) is 2. The Morgan fingerprint density at radius 2 is 2.44 bits per heavy atom. The molecular weight excluding hydrogens is 226 g/mol. The van der Waals surface area contributed by atoms with Crippen LogP contribution in [0.4, 0.5) is 0 Å². The second-order valence-corrected chi connectivity index (χ2v) is 4.32. The predicted octanol–water partition coefficient (Wildman–Crippen LogP) is 1.27. The van der Waals surface area contributed by atoms with Gasteiger partial charge in [-0.15, -0.1) is 0 Å². The van der Waals surface area contributed by atoms with E-state index >= 15 is 0 Å². The highest BCUT2D eigenvalue weighted by Gasteiger charge is 2.25. The molecule has 0 saturated carbocycles. The molecule has 5 heteroatoms. The second-order valence-electron chi connectivity index (χ2n) is 3.93. The van der Waals surface area contributed by atoms with Gasteiger partial charge in [0.15, 0.2) is 0 Å². The molecule has 2 unspecified atom stereocenters. The van der Waals surface area contributed by atoms with Crippen molar-refractivity contribution < 1.29 is 4.79 Å². The van der Waals surface area contributed by atoms with Crippen LogP contribution < -0.4 is 10.6 Å². The molecule has 1 aliphatic rings. The van der Waals surface area contributed by atoms with Crippen LogP contribution in [0.5, 0.6) is 0 Å². The fraction of sp³-hybridized carbons (Fsp3) is 0.455. The summed E-state index contributed by atoms with van der Waals surface area (Å²) in [5, 5.41) is 6.55. The Morgan fingerprint density at radius 1 is 1.62 bits per heavy atom. The van der Waals surface area contributed by atoms with E-state index in [1.165, 1.54) is 0 Å². The van der Waals surface area contributed by atoms with Gasteiger partial charge in [-0.3, -0.25) is 10.1 Å². The number of amides is 1. The maximum atomic E-state index is 11.4. The van der Waals surface area contributed by atoms with Crippen LogP contribution in [0.15, 0.2) is 18.3 Å².